The van der Waals surface area contributed by atoms with Crippen LogP contribution in [-0.2, 0) is 0 Å². The summed E-state index contributed by atoms with van der Waals surface area (Å²) in [7, 11) is 0. The molecule has 1 aromatic rings. The molecule has 0 aliphatic carbocycles. The third kappa shape index (κ3) is 3.54. The minimum absolute atomic E-state index is 0.0987. The maximum Gasteiger partial charge on any atom is 0.254 e. The van der Waals surface area contributed by atoms with E-state index in [1.807, 2.05) is 0 Å². The second-order valence-corrected chi connectivity index (χ2v) is 3.80. The Kier molecular flexibility index (Phi) is 5.12. The molecule has 0 aromatic heterocycles. The van der Waals surface area contributed by atoms with E-state index in [-0.39, 0.29) is 29.6 Å². The first-order valence-electron chi connectivity index (χ1n) is 5.06. The normalized spacial score (nSPS) is 10.1. The standard InChI is InChI=1S/C12H13ClFNO2/c1-2-5-15(6-7-16)12(17)9-3-4-11(14)10(13)8-9/h2-4,8,16H,1,5-7H2. The van der Waals surface area contributed by atoms with E-state index in [1.54, 1.807) is 6.08 Å². The lowest BCUT2D eigenvalue weighted by molar-refractivity contribution is 0.0743. The topological polar surface area (TPSA) is 40.5 Å². The summed E-state index contributed by atoms with van der Waals surface area (Å²) in [6.07, 6.45) is 1.55. The van der Waals surface area contributed by atoms with Gasteiger partial charge in [-0.15, -0.1) is 6.58 Å². The van der Waals surface area contributed by atoms with Crippen LogP contribution in [-0.4, -0.2) is 35.6 Å². The minimum Gasteiger partial charge on any atom is -0.395 e. The van der Waals surface area contributed by atoms with Crippen LogP contribution in [0.5, 0.6) is 0 Å². The van der Waals surface area contributed by atoms with Gasteiger partial charge < -0.3 is 10.0 Å². The van der Waals surface area contributed by atoms with Crippen molar-refractivity contribution in [2.45, 2.75) is 0 Å². The lowest BCUT2D eigenvalue weighted by atomic mass is 10.2. The van der Waals surface area contributed by atoms with Gasteiger partial charge in [0.1, 0.15) is 5.82 Å². The highest BCUT2D eigenvalue weighted by atomic mass is 35.5. The van der Waals surface area contributed by atoms with E-state index in [0.29, 0.717) is 6.54 Å². The highest BCUT2D eigenvalue weighted by Crippen LogP contribution is 2.17. The average Bonchev–Trinajstić information content (AvgIpc) is 2.31. The lowest BCUT2D eigenvalue weighted by Crippen LogP contribution is -2.33. The Hall–Kier alpha value is -1.39. The fourth-order valence-corrected chi connectivity index (χ4v) is 1.54. The Bertz CT molecular complexity index is 423. The van der Waals surface area contributed by atoms with Crippen LogP contribution in [0.2, 0.25) is 5.02 Å². The maximum atomic E-state index is 12.9. The minimum atomic E-state index is -0.569. The van der Waals surface area contributed by atoms with Gasteiger partial charge in [0.15, 0.2) is 0 Å². The Morgan fingerprint density at radius 2 is 2.29 bits per heavy atom. The zero-order valence-corrected chi connectivity index (χ0v) is 9.95. The first-order chi connectivity index (χ1) is 8.10. The Morgan fingerprint density at radius 3 is 2.82 bits per heavy atom. The zero-order chi connectivity index (χ0) is 12.8. The summed E-state index contributed by atoms with van der Waals surface area (Å²) in [6.45, 7) is 3.89. The highest BCUT2D eigenvalue weighted by molar-refractivity contribution is 6.31. The summed E-state index contributed by atoms with van der Waals surface area (Å²) in [6, 6.07) is 3.77. The van der Waals surface area contributed by atoms with Crippen LogP contribution < -0.4 is 0 Å². The van der Waals surface area contributed by atoms with Crippen molar-refractivity contribution < 1.29 is 14.3 Å². The molecule has 0 aliphatic rings. The third-order valence-corrected chi connectivity index (χ3v) is 2.46. The summed E-state index contributed by atoms with van der Waals surface area (Å²) >= 11 is 5.60. The Labute approximate surface area is 104 Å². The van der Waals surface area contributed by atoms with Gasteiger partial charge in [-0.2, -0.15) is 0 Å². The first kappa shape index (κ1) is 13.7. The predicted molar refractivity (Wildman–Crippen MR) is 64.6 cm³/mol. The molecule has 92 valence electrons. The van der Waals surface area contributed by atoms with Crippen molar-refractivity contribution >= 4 is 17.5 Å². The molecule has 0 saturated heterocycles. The number of carbonyl (C=O) groups excluding carboxylic acids is 1. The average molecular weight is 258 g/mol. The van der Waals surface area contributed by atoms with Gasteiger partial charge in [0.25, 0.3) is 5.91 Å². The van der Waals surface area contributed by atoms with Crippen LogP contribution >= 0.6 is 11.6 Å². The first-order valence-corrected chi connectivity index (χ1v) is 5.44. The second-order valence-electron chi connectivity index (χ2n) is 3.39. The molecule has 0 radical (unpaired) electrons. The quantitative estimate of drug-likeness (QED) is 0.821. The van der Waals surface area contributed by atoms with Gasteiger partial charge in [-0.25, -0.2) is 4.39 Å². The number of hydrogen-bond acceptors (Lipinski definition) is 2. The van der Waals surface area contributed by atoms with Gasteiger partial charge in [-0.3, -0.25) is 4.79 Å². The van der Waals surface area contributed by atoms with E-state index in [2.05, 4.69) is 6.58 Å². The van der Waals surface area contributed by atoms with E-state index in [0.717, 1.165) is 6.07 Å². The van der Waals surface area contributed by atoms with Crippen molar-refractivity contribution in [2.24, 2.45) is 0 Å². The fraction of sp³-hybridized carbons (Fsp3) is 0.250. The van der Waals surface area contributed by atoms with Crippen LogP contribution in [0.25, 0.3) is 0 Å². The molecule has 0 heterocycles. The summed E-state index contributed by atoms with van der Waals surface area (Å²) in [5.74, 6) is -0.888. The second kappa shape index (κ2) is 6.37. The monoisotopic (exact) mass is 257 g/mol. The molecule has 0 fully saturated rings. The molecule has 0 spiro atoms. The molecule has 1 amide bonds. The van der Waals surface area contributed by atoms with Gasteiger partial charge in [-0.05, 0) is 18.2 Å². The number of hydrogen-bond donors (Lipinski definition) is 1. The van der Waals surface area contributed by atoms with Gasteiger partial charge >= 0.3 is 0 Å². The molecule has 5 heteroatoms. The van der Waals surface area contributed by atoms with E-state index in [1.165, 1.54) is 17.0 Å². The molecule has 1 rings (SSSR count). The number of nitrogens with zero attached hydrogens (tertiary/aromatic N) is 1. The number of aliphatic hydroxyl groups excluding tert-OH is 1. The van der Waals surface area contributed by atoms with Crippen molar-refractivity contribution in [3.8, 4) is 0 Å². The molecule has 0 bridgehead atoms. The van der Waals surface area contributed by atoms with Gasteiger partial charge in [0.2, 0.25) is 0 Å². The SMILES string of the molecule is C=CCN(CCO)C(=O)c1ccc(F)c(Cl)c1. The number of halogens is 2. The molecule has 0 unspecified atom stereocenters. The fourth-order valence-electron chi connectivity index (χ4n) is 1.36. The largest absolute Gasteiger partial charge is 0.395 e. The lowest BCUT2D eigenvalue weighted by Gasteiger charge is -2.20. The van der Waals surface area contributed by atoms with E-state index in [9.17, 15) is 9.18 Å². The molecule has 3 nitrogen and oxygen atoms in total. The van der Waals surface area contributed by atoms with Crippen LogP contribution in [0.15, 0.2) is 30.9 Å². The number of amides is 1. The third-order valence-electron chi connectivity index (χ3n) is 2.17. The van der Waals surface area contributed by atoms with Crippen molar-refractivity contribution in [2.75, 3.05) is 19.7 Å². The Balaban J connectivity index is 2.92. The number of benzene rings is 1. The van der Waals surface area contributed by atoms with Gasteiger partial charge in [-0.1, -0.05) is 17.7 Å². The number of aliphatic hydroxyl groups is 1. The van der Waals surface area contributed by atoms with Crippen LogP contribution in [0.4, 0.5) is 4.39 Å². The number of rotatable bonds is 5. The summed E-state index contributed by atoms with van der Waals surface area (Å²) in [5, 5.41) is 8.74. The molecule has 0 saturated carbocycles. The highest BCUT2D eigenvalue weighted by Gasteiger charge is 2.15. The van der Waals surface area contributed by atoms with Crippen LogP contribution in [0, 0.1) is 5.82 Å². The summed E-state index contributed by atoms with van der Waals surface area (Å²) < 4.78 is 12.9. The van der Waals surface area contributed by atoms with Crippen LogP contribution in [0.3, 0.4) is 0 Å². The van der Waals surface area contributed by atoms with Crippen LogP contribution in [0.1, 0.15) is 10.4 Å². The van der Waals surface area contributed by atoms with Crippen molar-refractivity contribution in [1.82, 2.24) is 4.90 Å². The van der Waals surface area contributed by atoms with Gasteiger partial charge in [0, 0.05) is 18.7 Å². The smallest absolute Gasteiger partial charge is 0.254 e. The number of carbonyl (C=O) groups is 1. The van der Waals surface area contributed by atoms with Crippen molar-refractivity contribution in [3.05, 3.63) is 47.3 Å². The molecule has 0 atom stereocenters. The Morgan fingerprint density at radius 1 is 1.59 bits per heavy atom. The predicted octanol–water partition coefficient (Wildman–Crippen LogP) is 2.10. The molecule has 1 N–H and O–H groups in total. The van der Waals surface area contributed by atoms with E-state index in [4.69, 9.17) is 16.7 Å². The molecular weight excluding hydrogens is 245 g/mol. The van der Waals surface area contributed by atoms with Crippen molar-refractivity contribution in [3.63, 3.8) is 0 Å². The van der Waals surface area contributed by atoms with E-state index >= 15 is 0 Å². The van der Waals surface area contributed by atoms with Gasteiger partial charge in [0.05, 0.1) is 11.6 Å². The maximum absolute atomic E-state index is 12.9. The zero-order valence-electron chi connectivity index (χ0n) is 9.20. The van der Waals surface area contributed by atoms with E-state index < -0.39 is 5.82 Å². The van der Waals surface area contributed by atoms with Crippen molar-refractivity contribution in [1.29, 1.82) is 0 Å². The summed E-state index contributed by atoms with van der Waals surface area (Å²) in [5.41, 5.74) is 0.284. The summed E-state index contributed by atoms with van der Waals surface area (Å²) in [4.78, 5) is 13.4. The molecule has 0 aliphatic heterocycles. The molecular formula is C12H13ClFNO2. The molecule has 1 aromatic carbocycles. The molecule has 17 heavy (non-hydrogen) atoms.